The van der Waals surface area contributed by atoms with Gasteiger partial charge in [-0.3, -0.25) is 4.68 Å². The van der Waals surface area contributed by atoms with Crippen LogP contribution in [0.2, 0.25) is 5.02 Å². The van der Waals surface area contributed by atoms with Crippen LogP contribution in [0.4, 0.5) is 0 Å². The molecule has 0 aromatic carbocycles. The van der Waals surface area contributed by atoms with E-state index < -0.39 is 5.60 Å². The Labute approximate surface area is 113 Å². The minimum absolute atomic E-state index is 0.113. The van der Waals surface area contributed by atoms with Crippen molar-refractivity contribution in [2.75, 3.05) is 7.11 Å². The van der Waals surface area contributed by atoms with Gasteiger partial charge in [0.25, 0.3) is 0 Å². The summed E-state index contributed by atoms with van der Waals surface area (Å²) in [6, 6.07) is 0. The molecule has 5 heteroatoms. The largest absolute Gasteiger partial charge is 0.387 e. The van der Waals surface area contributed by atoms with Crippen molar-refractivity contribution in [1.29, 1.82) is 0 Å². The third kappa shape index (κ3) is 2.42. The summed E-state index contributed by atoms with van der Waals surface area (Å²) in [4.78, 5) is 0. The molecule has 2 unspecified atom stereocenters. The zero-order valence-electron chi connectivity index (χ0n) is 11.2. The van der Waals surface area contributed by atoms with Crippen molar-refractivity contribution in [3.8, 4) is 0 Å². The number of halogens is 1. The second-order valence-corrected chi connectivity index (χ2v) is 5.60. The summed E-state index contributed by atoms with van der Waals surface area (Å²) in [5.74, 6) is 0. The molecule has 0 radical (unpaired) electrons. The second-order valence-electron chi connectivity index (χ2n) is 5.22. The van der Waals surface area contributed by atoms with Crippen LogP contribution in [0.3, 0.4) is 0 Å². The summed E-state index contributed by atoms with van der Waals surface area (Å²) < 4.78 is 7.20. The van der Waals surface area contributed by atoms with Crippen LogP contribution < -0.4 is 0 Å². The number of ether oxygens (including phenoxy) is 1. The Kier molecular flexibility index (Phi) is 3.99. The zero-order chi connectivity index (χ0) is 13.3. The predicted octanol–water partition coefficient (Wildman–Crippen LogP) is 2.24. The molecule has 4 nitrogen and oxygen atoms in total. The van der Waals surface area contributed by atoms with E-state index in [1.165, 1.54) is 0 Å². The first-order valence-corrected chi connectivity index (χ1v) is 6.79. The fourth-order valence-electron chi connectivity index (χ4n) is 2.89. The highest BCUT2D eigenvalue weighted by Gasteiger charge is 2.40. The van der Waals surface area contributed by atoms with Gasteiger partial charge in [-0.25, -0.2) is 0 Å². The van der Waals surface area contributed by atoms with E-state index in [9.17, 15) is 5.11 Å². The van der Waals surface area contributed by atoms with E-state index in [2.05, 4.69) is 5.10 Å². The van der Waals surface area contributed by atoms with Crippen molar-refractivity contribution >= 4 is 11.6 Å². The topological polar surface area (TPSA) is 47.3 Å². The van der Waals surface area contributed by atoms with Gasteiger partial charge < -0.3 is 9.84 Å². The molecule has 2 rings (SSSR count). The number of methoxy groups -OCH3 is 1. The molecule has 0 amide bonds. The van der Waals surface area contributed by atoms with Gasteiger partial charge in [-0.15, -0.1) is 0 Å². The van der Waals surface area contributed by atoms with Crippen molar-refractivity contribution < 1.29 is 9.84 Å². The Hall–Kier alpha value is -0.580. The molecule has 1 aromatic heterocycles. The molecule has 1 N–H and O–H groups in total. The van der Waals surface area contributed by atoms with Gasteiger partial charge in [0.15, 0.2) is 0 Å². The lowest BCUT2D eigenvalue weighted by Crippen LogP contribution is -2.48. The van der Waals surface area contributed by atoms with Crippen LogP contribution in [0.1, 0.15) is 37.1 Å². The molecule has 1 heterocycles. The molecule has 1 aromatic rings. The first-order chi connectivity index (χ1) is 8.48. The van der Waals surface area contributed by atoms with E-state index in [0.29, 0.717) is 11.4 Å². The molecular weight excluding hydrogens is 252 g/mol. The number of hydrogen-bond acceptors (Lipinski definition) is 3. The Morgan fingerprint density at radius 3 is 2.83 bits per heavy atom. The van der Waals surface area contributed by atoms with E-state index in [1.807, 2.05) is 14.0 Å². The number of aromatic nitrogens is 2. The monoisotopic (exact) mass is 272 g/mol. The summed E-state index contributed by atoms with van der Waals surface area (Å²) in [7, 11) is 3.53. The smallest absolute Gasteiger partial charge is 0.0963 e. The lowest BCUT2D eigenvalue weighted by molar-refractivity contribution is -0.116. The standard InChI is InChI=1S/C13H21ClN2O2/c1-9-12(14)10(16(2)15-9)8-13(17)7-5-4-6-11(13)18-3/h11,17H,4-8H2,1-3H3. The number of aryl methyl sites for hydroxylation is 2. The highest BCUT2D eigenvalue weighted by Crippen LogP contribution is 2.35. The van der Waals surface area contributed by atoms with Crippen molar-refractivity contribution in [2.24, 2.45) is 7.05 Å². The maximum atomic E-state index is 10.8. The summed E-state index contributed by atoms with van der Waals surface area (Å²) in [5, 5.41) is 15.8. The molecule has 1 aliphatic carbocycles. The van der Waals surface area contributed by atoms with Gasteiger partial charge in [-0.1, -0.05) is 24.4 Å². The Bertz CT molecular complexity index is 433. The van der Waals surface area contributed by atoms with Gasteiger partial charge in [0.05, 0.1) is 28.1 Å². The van der Waals surface area contributed by atoms with Gasteiger partial charge in [0.2, 0.25) is 0 Å². The molecule has 102 valence electrons. The van der Waals surface area contributed by atoms with Crippen LogP contribution in [0, 0.1) is 6.92 Å². The van der Waals surface area contributed by atoms with Crippen molar-refractivity contribution in [1.82, 2.24) is 9.78 Å². The van der Waals surface area contributed by atoms with Crippen molar-refractivity contribution in [3.63, 3.8) is 0 Å². The number of nitrogens with zero attached hydrogens (tertiary/aromatic N) is 2. The van der Waals surface area contributed by atoms with E-state index in [4.69, 9.17) is 16.3 Å². The van der Waals surface area contributed by atoms with Gasteiger partial charge in [0, 0.05) is 20.6 Å². The number of aliphatic hydroxyl groups is 1. The first-order valence-electron chi connectivity index (χ1n) is 6.41. The maximum Gasteiger partial charge on any atom is 0.0963 e. The van der Waals surface area contributed by atoms with E-state index >= 15 is 0 Å². The molecule has 0 aliphatic heterocycles. The maximum absolute atomic E-state index is 10.8. The van der Waals surface area contributed by atoms with Crippen molar-refractivity contribution in [2.45, 2.75) is 50.7 Å². The molecule has 1 aliphatic rings. The minimum Gasteiger partial charge on any atom is -0.387 e. The predicted molar refractivity (Wildman–Crippen MR) is 70.9 cm³/mol. The van der Waals surface area contributed by atoms with E-state index in [0.717, 1.165) is 37.1 Å². The molecule has 2 atom stereocenters. The second kappa shape index (κ2) is 5.19. The average molecular weight is 273 g/mol. The van der Waals surface area contributed by atoms with E-state index in [-0.39, 0.29) is 6.10 Å². The molecule has 1 saturated carbocycles. The Morgan fingerprint density at radius 1 is 1.56 bits per heavy atom. The van der Waals surface area contributed by atoms with Crippen LogP contribution in [-0.4, -0.2) is 33.7 Å². The van der Waals surface area contributed by atoms with Crippen LogP contribution >= 0.6 is 11.6 Å². The Balaban J connectivity index is 2.25. The van der Waals surface area contributed by atoms with Crippen LogP contribution in [0.5, 0.6) is 0 Å². The fourth-order valence-corrected chi connectivity index (χ4v) is 3.12. The highest BCUT2D eigenvalue weighted by atomic mass is 35.5. The van der Waals surface area contributed by atoms with Crippen LogP contribution in [-0.2, 0) is 18.2 Å². The van der Waals surface area contributed by atoms with Gasteiger partial charge in [-0.05, 0) is 19.8 Å². The molecular formula is C13H21ClN2O2. The third-order valence-electron chi connectivity index (χ3n) is 3.95. The number of rotatable bonds is 3. The summed E-state index contributed by atoms with van der Waals surface area (Å²) >= 11 is 6.25. The van der Waals surface area contributed by atoms with Crippen molar-refractivity contribution in [3.05, 3.63) is 16.4 Å². The van der Waals surface area contributed by atoms with Gasteiger partial charge >= 0.3 is 0 Å². The molecule has 0 saturated heterocycles. The highest BCUT2D eigenvalue weighted by molar-refractivity contribution is 6.31. The van der Waals surface area contributed by atoms with Crippen LogP contribution in [0.15, 0.2) is 0 Å². The van der Waals surface area contributed by atoms with Gasteiger partial charge in [-0.2, -0.15) is 5.10 Å². The number of hydrogen-bond donors (Lipinski definition) is 1. The third-order valence-corrected chi connectivity index (χ3v) is 4.44. The molecule has 0 spiro atoms. The van der Waals surface area contributed by atoms with Gasteiger partial charge in [0.1, 0.15) is 0 Å². The fraction of sp³-hybridized carbons (Fsp3) is 0.769. The lowest BCUT2D eigenvalue weighted by atomic mass is 9.79. The zero-order valence-corrected chi connectivity index (χ0v) is 12.0. The van der Waals surface area contributed by atoms with E-state index in [1.54, 1.807) is 11.8 Å². The minimum atomic E-state index is -0.823. The molecule has 0 bridgehead atoms. The van der Waals surface area contributed by atoms with Crippen LogP contribution in [0.25, 0.3) is 0 Å². The summed E-state index contributed by atoms with van der Waals surface area (Å²) in [6.07, 6.45) is 4.19. The Morgan fingerprint density at radius 2 is 2.28 bits per heavy atom. The molecule has 1 fully saturated rings. The average Bonchev–Trinajstić information content (AvgIpc) is 2.56. The quantitative estimate of drug-likeness (QED) is 0.918. The normalized spacial score (nSPS) is 28.6. The first kappa shape index (κ1) is 13.8. The summed E-state index contributed by atoms with van der Waals surface area (Å²) in [5.41, 5.74) is 0.875. The lowest BCUT2D eigenvalue weighted by Gasteiger charge is -2.39. The SMILES string of the molecule is COC1CCCCC1(O)Cc1c(Cl)c(C)nn1C. The summed E-state index contributed by atoms with van der Waals surface area (Å²) in [6.45, 7) is 1.88. The molecule has 18 heavy (non-hydrogen) atoms.